The van der Waals surface area contributed by atoms with Gasteiger partial charge >= 0.3 is 43.3 Å². The third-order valence-corrected chi connectivity index (χ3v) is 0.728. The van der Waals surface area contributed by atoms with Crippen LogP contribution in [0, 0.1) is 0 Å². The van der Waals surface area contributed by atoms with E-state index in [1.165, 1.54) is 0 Å². The van der Waals surface area contributed by atoms with Gasteiger partial charge in [0.1, 0.15) is 0 Å². The predicted octanol–water partition coefficient (Wildman–Crippen LogP) is -2.37. The molecule has 0 spiro atoms. The van der Waals surface area contributed by atoms with Crippen molar-refractivity contribution in [3.05, 3.63) is 0 Å². The topological polar surface area (TPSA) is 115 Å². The van der Waals surface area contributed by atoms with Crippen LogP contribution in [0.3, 0.4) is 0 Å². The van der Waals surface area contributed by atoms with E-state index in [9.17, 15) is 4.79 Å². The first-order valence-electron chi connectivity index (χ1n) is 2.03. The van der Waals surface area contributed by atoms with E-state index in [4.69, 9.17) is 59.2 Å². The van der Waals surface area contributed by atoms with Gasteiger partial charge in [0.25, 0.3) is 3.79 Å². The predicted molar refractivity (Wildman–Crippen MR) is 43.3 cm³/mol. The van der Waals surface area contributed by atoms with Crippen molar-refractivity contribution < 1.29 is 60.1 Å². The fourth-order valence-electron chi connectivity index (χ4n) is 0. The average Bonchev–Trinajstić information content (AvgIpc) is 1.55. The van der Waals surface area contributed by atoms with Gasteiger partial charge in [0.15, 0.2) is 0 Å². The van der Waals surface area contributed by atoms with Crippen molar-refractivity contribution >= 4 is 48.6 Å². The van der Waals surface area contributed by atoms with Gasteiger partial charge in [0.2, 0.25) is 0 Å². The molecule has 0 unspecified atom stereocenters. The number of hydrogen-bond acceptors (Lipinski definition) is 2. The number of carboxylic acids is 1. The molecule has 0 saturated carbocycles. The molecule has 0 bridgehead atoms. The van der Waals surface area contributed by atoms with Crippen LogP contribution < -0.4 is 29.6 Å². The van der Waals surface area contributed by atoms with Gasteiger partial charge in [-0.3, -0.25) is 0 Å². The Morgan fingerprint density at radius 3 is 1.31 bits per heavy atom. The Balaban J connectivity index is -0.0000000651. The minimum absolute atomic E-state index is 0. The minimum atomic E-state index is -4.64. The van der Waals surface area contributed by atoms with Gasteiger partial charge in [0, 0.05) is 0 Å². The molecule has 0 aliphatic heterocycles. The summed E-state index contributed by atoms with van der Waals surface area (Å²) in [5.74, 6) is -1.46. The summed E-state index contributed by atoms with van der Waals surface area (Å²) in [6, 6.07) is 0. The van der Waals surface area contributed by atoms with Crippen molar-refractivity contribution in [2.45, 2.75) is 3.79 Å². The molecule has 0 amide bonds. The summed E-state index contributed by atoms with van der Waals surface area (Å²) in [6.07, 6.45) is 0. The smallest absolute Gasteiger partial charge is 1.00 e. The second-order valence-electron chi connectivity index (χ2n) is 1.32. The van der Waals surface area contributed by atoms with Gasteiger partial charge in [-0.1, -0.05) is 34.8 Å². The van der Waals surface area contributed by atoms with E-state index in [0.717, 1.165) is 0 Å². The van der Waals surface area contributed by atoms with Crippen molar-refractivity contribution in [3.63, 3.8) is 0 Å². The van der Waals surface area contributed by atoms with Gasteiger partial charge in [-0.25, -0.2) is 9.36 Å². The number of carboxylic acid groups (broad SMARTS) is 1. The summed E-state index contributed by atoms with van der Waals surface area (Å²) < 4.78 is 6.72. The number of carbonyl (C=O) groups is 1. The van der Waals surface area contributed by atoms with E-state index in [1.54, 1.807) is 0 Å². The van der Waals surface area contributed by atoms with Crippen molar-refractivity contribution in [1.29, 1.82) is 0 Å². The first-order chi connectivity index (χ1) is 4.94. The molecule has 0 aromatic rings. The maximum atomic E-state index is 9.62. The molecule has 0 aromatic carbocycles. The molecule has 76 valence electrons. The molecule has 0 aliphatic rings. The molecule has 0 fully saturated rings. The number of alkyl halides is 3. The number of halogens is 3. The van der Waals surface area contributed by atoms with Crippen LogP contribution >= 0.6 is 42.6 Å². The molecule has 0 rings (SSSR count). The first-order valence-corrected chi connectivity index (χ1v) is 4.73. The Bertz CT molecular complexity index is 193. The third kappa shape index (κ3) is 31.8. The molecule has 0 heterocycles. The molecule has 6 nitrogen and oxygen atoms in total. The Morgan fingerprint density at radius 2 is 1.31 bits per heavy atom. The first kappa shape index (κ1) is 19.9. The summed E-state index contributed by atoms with van der Waals surface area (Å²) in [7, 11) is -4.64. The van der Waals surface area contributed by atoms with Crippen molar-refractivity contribution in [2.24, 2.45) is 0 Å². The molecule has 11 heteroatoms. The minimum Gasteiger partial charge on any atom is -1.00 e. The Labute approximate surface area is 112 Å². The number of aliphatic carboxylic acids is 1. The quantitative estimate of drug-likeness (QED) is 0.225. The van der Waals surface area contributed by atoms with Crippen LogP contribution in [0.15, 0.2) is 0 Å². The normalized spacial score (nSPS) is 10.6. The van der Waals surface area contributed by atoms with Crippen LogP contribution in [0.2, 0.25) is 0 Å². The third-order valence-electron chi connectivity index (χ3n) is 0.243. The summed E-state index contributed by atoms with van der Waals surface area (Å²) >= 11 is 14.4. The summed E-state index contributed by atoms with van der Waals surface area (Å²) in [6.45, 7) is 0. The van der Waals surface area contributed by atoms with E-state index in [-0.39, 0.29) is 31.0 Å². The van der Waals surface area contributed by atoms with E-state index >= 15 is 0 Å². The van der Waals surface area contributed by atoms with Gasteiger partial charge in [-0.15, -0.1) is 0 Å². The summed E-state index contributed by atoms with van der Waals surface area (Å²) in [5, 5.41) is 7.85. The zero-order valence-corrected chi connectivity index (χ0v) is 11.3. The molecule has 13 heavy (non-hydrogen) atoms. The molecule has 0 radical (unpaired) electrons. The number of phosphoric acid groups is 1. The zero-order valence-electron chi connectivity index (χ0n) is 7.19. The van der Waals surface area contributed by atoms with Crippen LogP contribution in [-0.2, 0) is 9.36 Å². The van der Waals surface area contributed by atoms with Crippen molar-refractivity contribution in [3.8, 4) is 0 Å². The average molecular weight is 285 g/mol. The molecular weight excluding hydrogens is 280 g/mol. The molecule has 0 saturated heterocycles. The van der Waals surface area contributed by atoms with E-state index < -0.39 is 17.6 Å². The molecular formula is C2H5Cl3NaO6P. The molecule has 0 aliphatic carbocycles. The SMILES string of the molecule is O=C(O)C(Cl)(Cl)Cl.O=P(O)(O)O.[H-].[Na+]. The summed E-state index contributed by atoms with van der Waals surface area (Å²) in [4.78, 5) is 31.2. The second-order valence-corrected chi connectivity index (χ2v) is 4.62. The largest absolute Gasteiger partial charge is 1.00 e. The van der Waals surface area contributed by atoms with Gasteiger partial charge in [-0.05, 0) is 0 Å². The Hall–Kier alpha value is 1.45. The second kappa shape index (κ2) is 7.70. The Kier molecular flexibility index (Phi) is 11.8. The summed E-state index contributed by atoms with van der Waals surface area (Å²) in [5.41, 5.74) is 0. The van der Waals surface area contributed by atoms with Gasteiger partial charge in [-0.2, -0.15) is 0 Å². The fraction of sp³-hybridized carbons (Fsp3) is 0.500. The standard InChI is InChI=1S/C2HCl3O2.Na.H3O4P.H/c3-2(4,5)1(6)7;;1-5(2,3)4;/h(H,6,7);;(H3,1,2,3,4);/q;+1;;-1. The van der Waals surface area contributed by atoms with Crippen LogP contribution in [-0.4, -0.2) is 29.5 Å². The monoisotopic (exact) mass is 284 g/mol. The molecule has 0 aromatic heterocycles. The van der Waals surface area contributed by atoms with Gasteiger partial charge in [0.05, 0.1) is 0 Å². The fourth-order valence-corrected chi connectivity index (χ4v) is 0. The van der Waals surface area contributed by atoms with Gasteiger partial charge < -0.3 is 21.2 Å². The van der Waals surface area contributed by atoms with Crippen LogP contribution in [0.1, 0.15) is 1.43 Å². The van der Waals surface area contributed by atoms with E-state index in [0.29, 0.717) is 0 Å². The molecule has 0 atom stereocenters. The molecule has 4 N–H and O–H groups in total. The van der Waals surface area contributed by atoms with E-state index in [2.05, 4.69) is 0 Å². The maximum Gasteiger partial charge on any atom is 1.00 e. The zero-order chi connectivity index (χ0) is 10.6. The van der Waals surface area contributed by atoms with Crippen molar-refractivity contribution in [2.75, 3.05) is 0 Å². The number of hydrogen-bond donors (Lipinski definition) is 4. The maximum absolute atomic E-state index is 9.62. The van der Waals surface area contributed by atoms with Crippen molar-refractivity contribution in [1.82, 2.24) is 0 Å². The Morgan fingerprint density at radius 1 is 1.23 bits per heavy atom. The van der Waals surface area contributed by atoms with Crippen LogP contribution in [0.4, 0.5) is 0 Å². The number of rotatable bonds is 0. The van der Waals surface area contributed by atoms with E-state index in [1.807, 2.05) is 0 Å². The van der Waals surface area contributed by atoms with Crippen LogP contribution in [0.5, 0.6) is 0 Å². The van der Waals surface area contributed by atoms with Crippen LogP contribution in [0.25, 0.3) is 0 Å².